The highest BCUT2D eigenvalue weighted by molar-refractivity contribution is 5.94. The second-order valence-corrected chi connectivity index (χ2v) is 6.30. The number of hydrogen-bond donors (Lipinski definition) is 1. The molecule has 1 aromatic rings. The van der Waals surface area contributed by atoms with Crippen molar-refractivity contribution < 1.29 is 9.53 Å². The molecule has 0 aromatic carbocycles. The number of H-pyrrole nitrogens is 1. The average Bonchev–Trinajstić information content (AvgIpc) is 3.08. The Hall–Kier alpha value is -1.33. The number of aromatic amines is 1. The van der Waals surface area contributed by atoms with Crippen LogP contribution in [0, 0.1) is 5.92 Å². The van der Waals surface area contributed by atoms with Crippen molar-refractivity contribution in [1.29, 1.82) is 0 Å². The molecule has 4 rings (SSSR count). The summed E-state index contributed by atoms with van der Waals surface area (Å²) in [6.45, 7) is 4.33. The molecule has 1 aliphatic carbocycles. The lowest BCUT2D eigenvalue weighted by molar-refractivity contribution is -0.0912. The Bertz CT molecular complexity index is 469. The van der Waals surface area contributed by atoms with Crippen LogP contribution < -0.4 is 0 Å². The van der Waals surface area contributed by atoms with E-state index in [9.17, 15) is 4.79 Å². The molecule has 3 aliphatic rings. The van der Waals surface area contributed by atoms with E-state index in [0.717, 1.165) is 37.8 Å². The standard InChI is InChI=1S/C15H21N3O2/c19-15(12-3-4-16-5-12)17-7-13-9-20-10-14(8-17)18(13)6-11-1-2-11/h3-5,11,13-14,16H,1-2,6-10H2. The lowest BCUT2D eigenvalue weighted by Crippen LogP contribution is -2.65. The molecule has 0 spiro atoms. The van der Waals surface area contributed by atoms with Crippen molar-refractivity contribution in [3.05, 3.63) is 24.0 Å². The van der Waals surface area contributed by atoms with Crippen molar-refractivity contribution in [2.24, 2.45) is 5.92 Å². The minimum absolute atomic E-state index is 0.147. The Kier molecular flexibility index (Phi) is 3.04. The summed E-state index contributed by atoms with van der Waals surface area (Å²) < 4.78 is 5.70. The largest absolute Gasteiger partial charge is 0.378 e. The molecule has 1 saturated carbocycles. The van der Waals surface area contributed by atoms with E-state index in [4.69, 9.17) is 4.74 Å². The highest BCUT2D eigenvalue weighted by Gasteiger charge is 2.41. The number of carbonyl (C=O) groups is 1. The predicted octanol–water partition coefficient (Wildman–Crippen LogP) is 0.950. The van der Waals surface area contributed by atoms with Crippen molar-refractivity contribution >= 4 is 5.91 Å². The van der Waals surface area contributed by atoms with E-state index in [1.54, 1.807) is 12.4 Å². The Morgan fingerprint density at radius 1 is 1.30 bits per heavy atom. The molecule has 2 atom stereocenters. The summed E-state index contributed by atoms with van der Waals surface area (Å²) in [5.74, 6) is 1.04. The summed E-state index contributed by atoms with van der Waals surface area (Å²) in [6.07, 6.45) is 6.34. The maximum Gasteiger partial charge on any atom is 0.255 e. The zero-order valence-electron chi connectivity index (χ0n) is 11.6. The molecule has 108 valence electrons. The smallest absolute Gasteiger partial charge is 0.255 e. The van der Waals surface area contributed by atoms with Crippen LogP contribution in [0.3, 0.4) is 0 Å². The van der Waals surface area contributed by atoms with Crippen molar-refractivity contribution in [2.45, 2.75) is 24.9 Å². The molecule has 2 unspecified atom stereocenters. The quantitative estimate of drug-likeness (QED) is 0.893. The third kappa shape index (κ3) is 2.25. The van der Waals surface area contributed by atoms with E-state index in [1.165, 1.54) is 19.4 Å². The van der Waals surface area contributed by atoms with Gasteiger partial charge in [-0.1, -0.05) is 0 Å². The number of rotatable bonds is 3. The number of ether oxygens (including phenoxy) is 1. The molecule has 5 nitrogen and oxygen atoms in total. The van der Waals surface area contributed by atoms with Gasteiger partial charge in [-0.25, -0.2) is 0 Å². The summed E-state index contributed by atoms with van der Waals surface area (Å²) in [5, 5.41) is 0. The molecule has 2 bridgehead atoms. The number of hydrogen-bond acceptors (Lipinski definition) is 3. The normalized spacial score (nSPS) is 30.5. The van der Waals surface area contributed by atoms with Gasteiger partial charge in [-0.3, -0.25) is 9.69 Å². The van der Waals surface area contributed by atoms with Crippen molar-refractivity contribution in [1.82, 2.24) is 14.8 Å². The molecule has 20 heavy (non-hydrogen) atoms. The van der Waals surface area contributed by atoms with Gasteiger partial charge in [-0.15, -0.1) is 0 Å². The topological polar surface area (TPSA) is 48.6 Å². The molecule has 1 amide bonds. The predicted molar refractivity (Wildman–Crippen MR) is 74.5 cm³/mol. The summed E-state index contributed by atoms with van der Waals surface area (Å²) in [5.41, 5.74) is 0.764. The van der Waals surface area contributed by atoms with Crippen LogP contribution >= 0.6 is 0 Å². The highest BCUT2D eigenvalue weighted by Crippen LogP contribution is 2.33. The molecule has 3 fully saturated rings. The Morgan fingerprint density at radius 2 is 2.05 bits per heavy atom. The van der Waals surface area contributed by atoms with Crippen molar-refractivity contribution in [3.63, 3.8) is 0 Å². The summed E-state index contributed by atoms with van der Waals surface area (Å²) >= 11 is 0. The number of carbonyl (C=O) groups excluding carboxylic acids is 1. The second kappa shape index (κ2) is 4.90. The van der Waals surface area contributed by atoms with Crippen LogP contribution in [-0.4, -0.2) is 65.6 Å². The van der Waals surface area contributed by atoms with Crippen LogP contribution in [0.1, 0.15) is 23.2 Å². The average molecular weight is 275 g/mol. The SMILES string of the molecule is O=C(c1cc[nH]c1)N1CC2COCC(C1)N2CC1CC1. The number of aromatic nitrogens is 1. The van der Waals surface area contributed by atoms with Crippen LogP contribution in [-0.2, 0) is 4.74 Å². The molecular weight excluding hydrogens is 254 g/mol. The van der Waals surface area contributed by atoms with E-state index in [1.807, 2.05) is 11.0 Å². The number of nitrogens with zero attached hydrogens (tertiary/aromatic N) is 2. The van der Waals surface area contributed by atoms with Gasteiger partial charge in [0.1, 0.15) is 0 Å². The van der Waals surface area contributed by atoms with E-state index in [-0.39, 0.29) is 5.91 Å². The molecule has 1 aromatic heterocycles. The lowest BCUT2D eigenvalue weighted by atomic mass is 10.0. The van der Waals surface area contributed by atoms with Gasteiger partial charge < -0.3 is 14.6 Å². The van der Waals surface area contributed by atoms with E-state index in [0.29, 0.717) is 12.1 Å². The van der Waals surface area contributed by atoms with Gasteiger partial charge in [0, 0.05) is 32.0 Å². The number of morpholine rings is 1. The van der Waals surface area contributed by atoms with Gasteiger partial charge in [0.2, 0.25) is 0 Å². The van der Waals surface area contributed by atoms with Gasteiger partial charge in [-0.05, 0) is 24.8 Å². The van der Waals surface area contributed by atoms with Crippen LogP contribution in [0.2, 0.25) is 0 Å². The number of piperazine rings is 1. The lowest BCUT2D eigenvalue weighted by Gasteiger charge is -2.49. The second-order valence-electron chi connectivity index (χ2n) is 6.30. The highest BCUT2D eigenvalue weighted by atomic mass is 16.5. The molecule has 1 N–H and O–H groups in total. The minimum Gasteiger partial charge on any atom is -0.378 e. The molecule has 2 aliphatic heterocycles. The summed E-state index contributed by atoms with van der Waals surface area (Å²) in [6, 6.07) is 2.61. The van der Waals surface area contributed by atoms with Gasteiger partial charge in [0.05, 0.1) is 30.9 Å². The molecule has 3 heterocycles. The monoisotopic (exact) mass is 275 g/mol. The van der Waals surface area contributed by atoms with Crippen LogP contribution in [0.5, 0.6) is 0 Å². The maximum atomic E-state index is 12.5. The fourth-order valence-corrected chi connectivity index (χ4v) is 3.43. The van der Waals surface area contributed by atoms with Gasteiger partial charge >= 0.3 is 0 Å². The molecule has 2 saturated heterocycles. The Labute approximate surface area is 118 Å². The maximum absolute atomic E-state index is 12.5. The zero-order chi connectivity index (χ0) is 13.5. The first kappa shape index (κ1) is 12.4. The first-order valence-corrected chi connectivity index (χ1v) is 7.57. The Morgan fingerprint density at radius 3 is 2.65 bits per heavy atom. The zero-order valence-corrected chi connectivity index (χ0v) is 11.6. The fourth-order valence-electron chi connectivity index (χ4n) is 3.43. The van der Waals surface area contributed by atoms with E-state index in [2.05, 4.69) is 9.88 Å². The van der Waals surface area contributed by atoms with Gasteiger partial charge in [-0.2, -0.15) is 0 Å². The minimum atomic E-state index is 0.147. The molecule has 0 radical (unpaired) electrons. The fraction of sp³-hybridized carbons (Fsp3) is 0.667. The Balaban J connectivity index is 1.48. The van der Waals surface area contributed by atoms with Gasteiger partial charge in [0.25, 0.3) is 5.91 Å². The third-order valence-electron chi connectivity index (χ3n) is 4.72. The molecular formula is C15H21N3O2. The van der Waals surface area contributed by atoms with Crippen LogP contribution in [0.25, 0.3) is 0 Å². The first-order chi connectivity index (χ1) is 9.81. The van der Waals surface area contributed by atoms with Crippen LogP contribution in [0.15, 0.2) is 18.5 Å². The molecule has 5 heteroatoms. The number of amides is 1. The van der Waals surface area contributed by atoms with Crippen molar-refractivity contribution in [2.75, 3.05) is 32.8 Å². The summed E-state index contributed by atoms with van der Waals surface area (Å²) in [7, 11) is 0. The first-order valence-electron chi connectivity index (χ1n) is 7.57. The summed E-state index contributed by atoms with van der Waals surface area (Å²) in [4.78, 5) is 20.0. The number of fused-ring (bicyclic) bond motifs is 2. The number of nitrogens with one attached hydrogen (secondary N) is 1. The van der Waals surface area contributed by atoms with E-state index >= 15 is 0 Å². The van der Waals surface area contributed by atoms with Crippen molar-refractivity contribution in [3.8, 4) is 0 Å². The van der Waals surface area contributed by atoms with Gasteiger partial charge in [0.15, 0.2) is 0 Å². The van der Waals surface area contributed by atoms with Crippen LogP contribution in [0.4, 0.5) is 0 Å². The third-order valence-corrected chi connectivity index (χ3v) is 4.72. The van der Waals surface area contributed by atoms with E-state index < -0.39 is 0 Å².